The molecule has 2 heterocycles. The van der Waals surface area contributed by atoms with Gasteiger partial charge in [0, 0.05) is 12.1 Å². The molecule has 11 heteroatoms. The lowest BCUT2D eigenvalue weighted by molar-refractivity contribution is 0.0717. The third-order valence-electron chi connectivity index (χ3n) is 5.74. The number of nitrogens with zero attached hydrogens (tertiary/aromatic N) is 1. The molecular formula is C27H22FNO8S. The molecule has 0 unspecified atom stereocenters. The first kappa shape index (κ1) is 25.2. The van der Waals surface area contributed by atoms with Crippen molar-refractivity contribution in [3.05, 3.63) is 102 Å². The predicted molar refractivity (Wildman–Crippen MR) is 132 cm³/mol. The number of halogens is 1. The molecule has 9 nitrogen and oxygen atoms in total. The fraction of sp³-hybridized carbons (Fsp3) is 0.148. The number of fused-ring (bicyclic) bond motifs is 1. The van der Waals surface area contributed by atoms with Crippen molar-refractivity contribution in [2.45, 2.75) is 18.0 Å². The van der Waals surface area contributed by atoms with Gasteiger partial charge in [-0.3, -0.25) is 4.79 Å². The normalized spacial score (nSPS) is 12.3. The summed E-state index contributed by atoms with van der Waals surface area (Å²) in [5.41, 5.74) is 0.945. The lowest BCUT2D eigenvalue weighted by Gasteiger charge is -2.23. The smallest absolute Gasteiger partial charge is 0.339 e. The van der Waals surface area contributed by atoms with Crippen LogP contribution in [0, 0.1) is 5.82 Å². The zero-order chi connectivity index (χ0) is 26.7. The molecule has 5 rings (SSSR count). The highest BCUT2D eigenvalue weighted by Crippen LogP contribution is 2.34. The molecule has 1 aliphatic rings. The molecule has 0 bridgehead atoms. The summed E-state index contributed by atoms with van der Waals surface area (Å²) in [6.07, 6.45) is 1.51. The third kappa shape index (κ3) is 5.42. The Morgan fingerprint density at radius 2 is 1.74 bits per heavy atom. The molecule has 1 amide bonds. The monoisotopic (exact) mass is 539 g/mol. The summed E-state index contributed by atoms with van der Waals surface area (Å²) >= 11 is 0. The van der Waals surface area contributed by atoms with Crippen molar-refractivity contribution in [3.63, 3.8) is 0 Å². The van der Waals surface area contributed by atoms with Gasteiger partial charge in [-0.05, 0) is 72.3 Å². The molecule has 0 spiro atoms. The zero-order valence-electron chi connectivity index (χ0n) is 20.1. The molecule has 38 heavy (non-hydrogen) atoms. The maximum atomic E-state index is 13.5. The van der Waals surface area contributed by atoms with E-state index in [0.717, 1.165) is 24.3 Å². The number of carbonyl (C=O) groups is 1. The number of carbonyl (C=O) groups excluding carboxylic acids is 1. The third-order valence-corrected chi connectivity index (χ3v) is 6.99. The summed E-state index contributed by atoms with van der Waals surface area (Å²) in [6.45, 7) is 0.319. The number of benzene rings is 3. The van der Waals surface area contributed by atoms with E-state index >= 15 is 0 Å². The second-order valence-electron chi connectivity index (χ2n) is 8.29. The van der Waals surface area contributed by atoms with Gasteiger partial charge in [-0.1, -0.05) is 6.07 Å². The number of ether oxygens (including phenoxy) is 3. The van der Waals surface area contributed by atoms with Crippen molar-refractivity contribution in [1.82, 2.24) is 4.90 Å². The van der Waals surface area contributed by atoms with Crippen LogP contribution in [0.15, 0.2) is 88.4 Å². The summed E-state index contributed by atoms with van der Waals surface area (Å²) in [4.78, 5) is 14.8. The van der Waals surface area contributed by atoms with Gasteiger partial charge < -0.3 is 27.7 Å². The fourth-order valence-corrected chi connectivity index (χ4v) is 4.81. The van der Waals surface area contributed by atoms with Crippen molar-refractivity contribution in [2.75, 3.05) is 13.9 Å². The Kier molecular flexibility index (Phi) is 6.93. The standard InChI is InChI=1S/C27H22FNO8S/c1-33-23-10-4-18(13-26(23)37-38(31,32)22-8-6-20(28)7-9-22)15-29(16-21-3-2-12-34-21)27(30)19-5-11-24-25(14-19)36-17-35-24/h2-14H,15-17H2,1H3. The van der Waals surface area contributed by atoms with Gasteiger partial charge in [-0.25, -0.2) is 4.39 Å². The number of furan rings is 1. The lowest BCUT2D eigenvalue weighted by atomic mass is 10.1. The molecule has 1 aliphatic heterocycles. The van der Waals surface area contributed by atoms with E-state index in [9.17, 15) is 17.6 Å². The first-order chi connectivity index (χ1) is 18.3. The molecule has 0 fully saturated rings. The van der Waals surface area contributed by atoms with E-state index in [1.165, 1.54) is 24.3 Å². The first-order valence-electron chi connectivity index (χ1n) is 11.4. The van der Waals surface area contributed by atoms with Crippen LogP contribution in [0.3, 0.4) is 0 Å². The predicted octanol–water partition coefficient (Wildman–Crippen LogP) is 4.77. The molecule has 0 atom stereocenters. The molecule has 0 saturated carbocycles. The van der Waals surface area contributed by atoms with Gasteiger partial charge in [-0.2, -0.15) is 8.42 Å². The van der Waals surface area contributed by atoms with Gasteiger partial charge in [0.25, 0.3) is 5.91 Å². The Labute approximate surface area is 218 Å². The topological polar surface area (TPSA) is 105 Å². The second kappa shape index (κ2) is 10.5. The van der Waals surface area contributed by atoms with Crippen molar-refractivity contribution in [3.8, 4) is 23.0 Å². The largest absolute Gasteiger partial charge is 0.493 e. The molecule has 0 aliphatic carbocycles. The van der Waals surface area contributed by atoms with E-state index in [-0.39, 0.29) is 42.2 Å². The van der Waals surface area contributed by atoms with Crippen molar-refractivity contribution >= 4 is 16.0 Å². The zero-order valence-corrected chi connectivity index (χ0v) is 20.9. The number of hydrogen-bond acceptors (Lipinski definition) is 8. The van der Waals surface area contributed by atoms with Crippen LogP contribution in [0.4, 0.5) is 4.39 Å². The lowest BCUT2D eigenvalue weighted by Crippen LogP contribution is -2.30. The first-order valence-corrected chi connectivity index (χ1v) is 12.8. The average Bonchev–Trinajstić information content (AvgIpc) is 3.60. The second-order valence-corrected chi connectivity index (χ2v) is 9.83. The Morgan fingerprint density at radius 1 is 0.947 bits per heavy atom. The number of amides is 1. The molecular weight excluding hydrogens is 517 g/mol. The van der Waals surface area contributed by atoms with Gasteiger partial charge in [0.15, 0.2) is 23.0 Å². The van der Waals surface area contributed by atoms with E-state index in [4.69, 9.17) is 22.8 Å². The van der Waals surface area contributed by atoms with Crippen LogP contribution in [-0.4, -0.2) is 33.1 Å². The van der Waals surface area contributed by atoms with Crippen molar-refractivity contribution in [2.24, 2.45) is 0 Å². The van der Waals surface area contributed by atoms with E-state index in [0.29, 0.717) is 28.4 Å². The quantitative estimate of drug-likeness (QED) is 0.280. The van der Waals surface area contributed by atoms with E-state index in [1.54, 1.807) is 42.5 Å². The molecule has 196 valence electrons. The summed E-state index contributed by atoms with van der Waals surface area (Å²) in [6, 6.07) is 17.4. The highest BCUT2D eigenvalue weighted by Gasteiger charge is 2.24. The highest BCUT2D eigenvalue weighted by atomic mass is 32.2. The van der Waals surface area contributed by atoms with E-state index in [2.05, 4.69) is 0 Å². The maximum Gasteiger partial charge on any atom is 0.339 e. The van der Waals surface area contributed by atoms with Gasteiger partial charge in [-0.15, -0.1) is 0 Å². The van der Waals surface area contributed by atoms with Crippen molar-refractivity contribution in [1.29, 1.82) is 0 Å². The number of hydrogen-bond donors (Lipinski definition) is 0. The summed E-state index contributed by atoms with van der Waals surface area (Å²) < 4.78 is 65.7. The fourth-order valence-electron chi connectivity index (χ4n) is 3.87. The van der Waals surface area contributed by atoms with Crippen LogP contribution < -0.4 is 18.4 Å². The summed E-state index contributed by atoms with van der Waals surface area (Å²) in [5, 5.41) is 0. The number of methoxy groups -OCH3 is 1. The van der Waals surface area contributed by atoms with Gasteiger partial charge in [0.1, 0.15) is 16.5 Å². The van der Waals surface area contributed by atoms with Gasteiger partial charge >= 0.3 is 10.1 Å². The molecule has 0 saturated heterocycles. The molecule has 0 N–H and O–H groups in total. The molecule has 3 aromatic carbocycles. The SMILES string of the molecule is COc1ccc(CN(Cc2ccco2)C(=O)c2ccc3c(c2)OCO3)cc1OS(=O)(=O)c1ccc(F)cc1. The van der Waals surface area contributed by atoms with Crippen molar-refractivity contribution < 1.29 is 40.4 Å². The molecule has 0 radical (unpaired) electrons. The Balaban J connectivity index is 1.43. The van der Waals surface area contributed by atoms with E-state index < -0.39 is 15.9 Å². The maximum absolute atomic E-state index is 13.5. The van der Waals surface area contributed by atoms with Crippen LogP contribution in [0.5, 0.6) is 23.0 Å². The van der Waals surface area contributed by atoms with Gasteiger partial charge in [0.05, 0.1) is 19.9 Å². The Bertz CT molecular complexity index is 1550. The Morgan fingerprint density at radius 3 is 2.47 bits per heavy atom. The minimum Gasteiger partial charge on any atom is -0.493 e. The van der Waals surface area contributed by atoms with Crippen LogP contribution in [0.1, 0.15) is 21.7 Å². The minimum absolute atomic E-state index is 0.0807. The summed E-state index contributed by atoms with van der Waals surface area (Å²) in [5.74, 6) is 0.785. The summed E-state index contributed by atoms with van der Waals surface area (Å²) in [7, 11) is -2.91. The number of rotatable bonds is 9. The highest BCUT2D eigenvalue weighted by molar-refractivity contribution is 7.87. The van der Waals surface area contributed by atoms with Crippen LogP contribution in [-0.2, 0) is 23.2 Å². The van der Waals surface area contributed by atoms with Crippen LogP contribution in [0.25, 0.3) is 0 Å². The van der Waals surface area contributed by atoms with E-state index in [1.807, 2.05) is 0 Å². The Hall–Kier alpha value is -4.51. The minimum atomic E-state index is -4.28. The molecule has 4 aromatic rings. The molecule has 1 aromatic heterocycles. The van der Waals surface area contributed by atoms with Crippen LogP contribution in [0.2, 0.25) is 0 Å². The average molecular weight is 540 g/mol. The van der Waals surface area contributed by atoms with Crippen LogP contribution >= 0.6 is 0 Å². The van der Waals surface area contributed by atoms with Gasteiger partial charge in [0.2, 0.25) is 6.79 Å².